The smallest absolute Gasteiger partial charge is 0.197 e. The highest BCUT2D eigenvalue weighted by atomic mass is 35.5. The monoisotopic (exact) mass is 322 g/mol. The molecular formula is C14H12Cl2N4O. The van der Waals surface area contributed by atoms with Gasteiger partial charge in [-0.25, -0.2) is 15.0 Å². The Balaban J connectivity index is 1.69. The highest BCUT2D eigenvalue weighted by molar-refractivity contribution is 6.37. The number of imidazole rings is 1. The first kappa shape index (κ1) is 13.1. The average Bonchev–Trinajstić information content (AvgIpc) is 3.18. The molecule has 4 rings (SSSR count). The maximum Gasteiger partial charge on any atom is 0.197 e. The summed E-state index contributed by atoms with van der Waals surface area (Å²) in [5.74, 6) is 1.16. The van der Waals surface area contributed by atoms with Gasteiger partial charge in [-0.15, -0.1) is 0 Å². The Hall–Kier alpha value is -1.59. The fourth-order valence-electron chi connectivity index (χ4n) is 3.08. The van der Waals surface area contributed by atoms with E-state index in [1.54, 1.807) is 24.9 Å². The number of pyridine rings is 1. The third-order valence-electron chi connectivity index (χ3n) is 4.05. The van der Waals surface area contributed by atoms with Gasteiger partial charge in [-0.2, -0.15) is 0 Å². The van der Waals surface area contributed by atoms with Crippen molar-refractivity contribution in [2.75, 3.05) is 0 Å². The number of oxazole rings is 1. The van der Waals surface area contributed by atoms with Crippen LogP contribution in [0.25, 0.3) is 11.2 Å². The van der Waals surface area contributed by atoms with E-state index in [1.807, 2.05) is 0 Å². The van der Waals surface area contributed by atoms with E-state index in [9.17, 15) is 0 Å². The number of halogens is 2. The Bertz CT molecular complexity index is 784. The Kier molecular flexibility index (Phi) is 3.12. The number of nitrogens with zero attached hydrogens (tertiary/aromatic N) is 4. The molecule has 1 aliphatic carbocycles. The third-order valence-corrected chi connectivity index (χ3v) is 4.53. The van der Waals surface area contributed by atoms with Gasteiger partial charge in [0.15, 0.2) is 11.5 Å². The Morgan fingerprint density at radius 2 is 2.14 bits per heavy atom. The zero-order valence-corrected chi connectivity index (χ0v) is 12.6. The van der Waals surface area contributed by atoms with Crippen LogP contribution in [0.2, 0.25) is 10.2 Å². The molecule has 7 heteroatoms. The molecule has 3 aromatic heterocycles. The first-order valence-electron chi connectivity index (χ1n) is 6.80. The van der Waals surface area contributed by atoms with Gasteiger partial charge >= 0.3 is 0 Å². The van der Waals surface area contributed by atoms with Crippen molar-refractivity contribution < 1.29 is 4.42 Å². The van der Waals surface area contributed by atoms with E-state index in [-0.39, 0.29) is 0 Å². The number of rotatable bonds is 2. The largest absolute Gasteiger partial charge is 0.449 e. The molecule has 0 radical (unpaired) electrons. The minimum absolute atomic E-state index is 0.314. The van der Waals surface area contributed by atoms with Crippen molar-refractivity contribution in [1.29, 1.82) is 0 Å². The molecule has 1 fully saturated rings. The second-order valence-electron chi connectivity index (χ2n) is 5.28. The molecule has 0 aromatic carbocycles. The van der Waals surface area contributed by atoms with Crippen molar-refractivity contribution in [3.63, 3.8) is 0 Å². The topological polar surface area (TPSA) is 56.7 Å². The van der Waals surface area contributed by atoms with Gasteiger partial charge in [0.25, 0.3) is 0 Å². The molecule has 3 aromatic rings. The van der Waals surface area contributed by atoms with Crippen LogP contribution in [0.15, 0.2) is 29.3 Å². The molecule has 3 heterocycles. The summed E-state index contributed by atoms with van der Waals surface area (Å²) in [5, 5.41) is 0.919. The van der Waals surface area contributed by atoms with Gasteiger partial charge in [0.2, 0.25) is 0 Å². The molecule has 0 aliphatic heterocycles. The van der Waals surface area contributed by atoms with E-state index in [0.29, 0.717) is 27.7 Å². The lowest BCUT2D eigenvalue weighted by Gasteiger charge is -2.12. The quantitative estimate of drug-likeness (QED) is 0.662. The molecular weight excluding hydrogens is 311 g/mol. The normalized spacial score (nSPS) is 22.2. The SMILES string of the molecule is Clc1cc(Cl)c2ncn(C3CC[C@@H](c4ncco4)C3)c2n1. The lowest BCUT2D eigenvalue weighted by atomic mass is 10.1. The zero-order valence-electron chi connectivity index (χ0n) is 11.0. The fourth-order valence-corrected chi connectivity index (χ4v) is 3.56. The Morgan fingerprint density at radius 3 is 2.95 bits per heavy atom. The molecule has 0 amide bonds. The van der Waals surface area contributed by atoms with Crippen molar-refractivity contribution in [2.24, 2.45) is 0 Å². The first-order valence-corrected chi connectivity index (χ1v) is 7.56. The highest BCUT2D eigenvalue weighted by Gasteiger charge is 2.31. The summed E-state index contributed by atoms with van der Waals surface area (Å²) in [4.78, 5) is 13.0. The zero-order chi connectivity index (χ0) is 14.4. The van der Waals surface area contributed by atoms with Gasteiger partial charge in [0.05, 0.1) is 17.5 Å². The van der Waals surface area contributed by atoms with Gasteiger partial charge in [0, 0.05) is 12.0 Å². The van der Waals surface area contributed by atoms with Gasteiger partial charge < -0.3 is 8.98 Å². The molecule has 1 saturated carbocycles. The van der Waals surface area contributed by atoms with Crippen molar-refractivity contribution in [3.8, 4) is 0 Å². The molecule has 0 bridgehead atoms. The summed E-state index contributed by atoms with van der Waals surface area (Å²) >= 11 is 12.2. The second kappa shape index (κ2) is 5.00. The molecule has 1 aliphatic rings. The summed E-state index contributed by atoms with van der Waals surface area (Å²) in [6, 6.07) is 1.93. The molecule has 2 atom stereocenters. The Labute approximate surface area is 130 Å². The fraction of sp³-hybridized carbons (Fsp3) is 0.357. The predicted molar refractivity (Wildman–Crippen MR) is 79.7 cm³/mol. The summed E-state index contributed by atoms with van der Waals surface area (Å²) < 4.78 is 7.48. The summed E-state index contributed by atoms with van der Waals surface area (Å²) in [6.45, 7) is 0. The van der Waals surface area contributed by atoms with Crippen LogP contribution in [0.1, 0.15) is 37.1 Å². The third kappa shape index (κ3) is 2.21. The van der Waals surface area contributed by atoms with Crippen molar-refractivity contribution in [3.05, 3.63) is 40.9 Å². The van der Waals surface area contributed by atoms with E-state index < -0.39 is 0 Å². The van der Waals surface area contributed by atoms with Crippen LogP contribution in [0, 0.1) is 0 Å². The maximum atomic E-state index is 6.17. The number of aromatic nitrogens is 4. The number of hydrogen-bond acceptors (Lipinski definition) is 4. The minimum atomic E-state index is 0.314. The van der Waals surface area contributed by atoms with E-state index in [0.717, 1.165) is 30.8 Å². The summed E-state index contributed by atoms with van der Waals surface area (Å²) in [7, 11) is 0. The van der Waals surface area contributed by atoms with Crippen molar-refractivity contribution >= 4 is 34.4 Å². The first-order chi connectivity index (χ1) is 10.2. The van der Waals surface area contributed by atoms with Crippen molar-refractivity contribution in [1.82, 2.24) is 19.5 Å². The van der Waals surface area contributed by atoms with Crippen LogP contribution in [-0.2, 0) is 0 Å². The standard InChI is InChI=1S/C14H12Cl2N4O/c15-10-6-11(16)19-13-12(10)18-7-20(13)9-2-1-8(5-9)14-17-3-4-21-14/h3-4,6-9H,1-2,5H2/t8-,9?/m1/s1. The van der Waals surface area contributed by atoms with Crippen molar-refractivity contribution in [2.45, 2.75) is 31.2 Å². The number of hydrogen-bond donors (Lipinski definition) is 0. The van der Waals surface area contributed by atoms with Gasteiger partial charge in [-0.1, -0.05) is 23.2 Å². The molecule has 21 heavy (non-hydrogen) atoms. The van der Waals surface area contributed by atoms with Gasteiger partial charge in [-0.3, -0.25) is 0 Å². The van der Waals surface area contributed by atoms with E-state index in [1.165, 1.54) is 0 Å². The van der Waals surface area contributed by atoms with E-state index >= 15 is 0 Å². The van der Waals surface area contributed by atoms with Gasteiger partial charge in [0.1, 0.15) is 16.9 Å². The summed E-state index contributed by atoms with van der Waals surface area (Å²) in [5.41, 5.74) is 1.44. The summed E-state index contributed by atoms with van der Waals surface area (Å²) in [6.07, 6.45) is 8.14. The molecule has 0 N–H and O–H groups in total. The van der Waals surface area contributed by atoms with Crippen LogP contribution in [0.5, 0.6) is 0 Å². The molecule has 108 valence electrons. The number of fused-ring (bicyclic) bond motifs is 1. The Morgan fingerprint density at radius 1 is 1.24 bits per heavy atom. The van der Waals surface area contributed by atoms with E-state index in [4.69, 9.17) is 27.6 Å². The second-order valence-corrected chi connectivity index (χ2v) is 6.08. The molecule has 0 saturated heterocycles. The highest BCUT2D eigenvalue weighted by Crippen LogP contribution is 2.41. The van der Waals surface area contributed by atoms with Crippen LogP contribution in [0.3, 0.4) is 0 Å². The van der Waals surface area contributed by atoms with Crippen LogP contribution < -0.4 is 0 Å². The van der Waals surface area contributed by atoms with Crippen LogP contribution in [0.4, 0.5) is 0 Å². The molecule has 5 nitrogen and oxygen atoms in total. The van der Waals surface area contributed by atoms with E-state index in [2.05, 4.69) is 19.5 Å². The average molecular weight is 323 g/mol. The molecule has 0 spiro atoms. The maximum absolute atomic E-state index is 6.17. The minimum Gasteiger partial charge on any atom is -0.449 e. The van der Waals surface area contributed by atoms with Gasteiger partial charge in [-0.05, 0) is 25.3 Å². The predicted octanol–water partition coefficient (Wildman–Crippen LogP) is 4.23. The lowest BCUT2D eigenvalue weighted by Crippen LogP contribution is -2.05. The van der Waals surface area contributed by atoms with Crippen LogP contribution in [-0.4, -0.2) is 19.5 Å². The van der Waals surface area contributed by atoms with Crippen LogP contribution >= 0.6 is 23.2 Å². The lowest BCUT2D eigenvalue weighted by molar-refractivity contribution is 0.436. The molecule has 1 unspecified atom stereocenters.